The number of nitrogens with zero attached hydrogens (tertiary/aromatic N) is 4. The van der Waals surface area contributed by atoms with Gasteiger partial charge in [-0.05, 0) is 61.1 Å². The summed E-state index contributed by atoms with van der Waals surface area (Å²) in [5.74, 6) is 1.38. The van der Waals surface area contributed by atoms with E-state index in [2.05, 4.69) is 38.0 Å². The summed E-state index contributed by atoms with van der Waals surface area (Å²) in [4.78, 5) is 7.01. The molecule has 1 aliphatic carbocycles. The largest absolute Gasteiger partial charge is 0.456 e. The Kier molecular flexibility index (Phi) is 4.52. The van der Waals surface area contributed by atoms with E-state index >= 15 is 0 Å². The zero-order valence-electron chi connectivity index (χ0n) is 17.4. The molecule has 1 unspecified atom stereocenters. The standard InChI is InChI=1S/C25H25N5O/c26-12-18-4-6-20-10-25(18)31-22-7-5-17-2-1-3-24(23(17)11-22)29-9-8-19(15-29)28-14-21-13-27-16-30(20)21/h4-7,10-11,13,16,19,24,28H,1-3,8-9,14-15H2/t19-,24-/m1/s1. The number of hydrogen-bond acceptors (Lipinski definition) is 5. The lowest BCUT2D eigenvalue weighted by Crippen LogP contribution is -2.35. The number of aromatic nitrogens is 2. The lowest BCUT2D eigenvalue weighted by Gasteiger charge is -2.33. The van der Waals surface area contributed by atoms with Crippen molar-refractivity contribution in [1.29, 1.82) is 5.26 Å². The Labute approximate surface area is 182 Å². The van der Waals surface area contributed by atoms with E-state index in [0.29, 0.717) is 23.4 Å². The van der Waals surface area contributed by atoms with Crippen molar-refractivity contribution in [2.24, 2.45) is 0 Å². The predicted octanol–water partition coefficient (Wildman–Crippen LogP) is 4.09. The summed E-state index contributed by atoms with van der Waals surface area (Å²) in [5, 5.41) is 13.4. The van der Waals surface area contributed by atoms with E-state index in [1.807, 2.05) is 36.8 Å². The van der Waals surface area contributed by atoms with Gasteiger partial charge >= 0.3 is 0 Å². The molecule has 0 saturated carbocycles. The summed E-state index contributed by atoms with van der Waals surface area (Å²) in [5.41, 5.74) is 5.40. The van der Waals surface area contributed by atoms with Gasteiger partial charge in [0.25, 0.3) is 0 Å². The van der Waals surface area contributed by atoms with Crippen molar-refractivity contribution in [3.63, 3.8) is 0 Å². The average molecular weight is 412 g/mol. The van der Waals surface area contributed by atoms with Gasteiger partial charge in [0.05, 0.1) is 23.3 Å². The van der Waals surface area contributed by atoms with Crippen LogP contribution in [0.25, 0.3) is 5.69 Å². The van der Waals surface area contributed by atoms with Gasteiger partial charge < -0.3 is 14.6 Å². The third kappa shape index (κ3) is 3.31. The summed E-state index contributed by atoms with van der Waals surface area (Å²) < 4.78 is 8.38. The van der Waals surface area contributed by atoms with Crippen molar-refractivity contribution in [2.45, 2.75) is 44.3 Å². The van der Waals surface area contributed by atoms with E-state index in [4.69, 9.17) is 4.74 Å². The molecule has 1 N–H and O–H groups in total. The smallest absolute Gasteiger partial charge is 0.147 e. The quantitative estimate of drug-likeness (QED) is 0.604. The second-order valence-electron chi connectivity index (χ2n) is 8.78. The molecule has 156 valence electrons. The summed E-state index contributed by atoms with van der Waals surface area (Å²) in [6, 6.07) is 15.4. The first kappa shape index (κ1) is 18.6. The van der Waals surface area contributed by atoms with Gasteiger partial charge in [-0.25, -0.2) is 4.98 Å². The lowest BCUT2D eigenvalue weighted by atomic mass is 9.86. The van der Waals surface area contributed by atoms with Crippen molar-refractivity contribution in [3.8, 4) is 23.3 Å². The Hall–Kier alpha value is -3.14. The van der Waals surface area contributed by atoms with Crippen LogP contribution in [0.3, 0.4) is 0 Å². The minimum Gasteiger partial charge on any atom is -0.456 e. The van der Waals surface area contributed by atoms with Crippen LogP contribution in [0.15, 0.2) is 48.9 Å². The molecule has 6 nitrogen and oxygen atoms in total. The molecule has 3 aliphatic rings. The fourth-order valence-corrected chi connectivity index (χ4v) is 5.33. The highest BCUT2D eigenvalue weighted by Gasteiger charge is 2.32. The molecule has 0 amide bonds. The number of nitriles is 1. The maximum atomic E-state index is 9.64. The highest BCUT2D eigenvalue weighted by Crippen LogP contribution is 2.39. The van der Waals surface area contributed by atoms with Gasteiger partial charge in [-0.2, -0.15) is 5.26 Å². The SMILES string of the molecule is N#Cc1ccc2cc1Oc1ccc3c(c1)[C@@H](CCC3)N1CC[C@H](C1)NCc1cncn1-2. The zero-order valence-corrected chi connectivity index (χ0v) is 17.4. The van der Waals surface area contributed by atoms with Gasteiger partial charge in [-0.15, -0.1) is 0 Å². The number of hydrogen-bond donors (Lipinski definition) is 1. The third-order valence-corrected chi connectivity index (χ3v) is 6.94. The summed E-state index contributed by atoms with van der Waals surface area (Å²) in [6.07, 6.45) is 8.45. The van der Waals surface area contributed by atoms with Gasteiger partial charge in [0.15, 0.2) is 0 Å². The molecule has 0 radical (unpaired) electrons. The Morgan fingerprint density at radius 2 is 2.13 bits per heavy atom. The minimum absolute atomic E-state index is 0.441. The van der Waals surface area contributed by atoms with E-state index in [-0.39, 0.29) is 0 Å². The number of aryl methyl sites for hydroxylation is 1. The highest BCUT2D eigenvalue weighted by atomic mass is 16.5. The van der Waals surface area contributed by atoms with Crippen molar-refractivity contribution in [2.75, 3.05) is 13.1 Å². The van der Waals surface area contributed by atoms with Crippen molar-refractivity contribution < 1.29 is 4.74 Å². The molecule has 1 saturated heterocycles. The Morgan fingerprint density at radius 3 is 3.06 bits per heavy atom. The second kappa shape index (κ2) is 7.52. The van der Waals surface area contributed by atoms with Gasteiger partial charge in [0, 0.05) is 44.0 Å². The van der Waals surface area contributed by atoms with Crippen LogP contribution >= 0.6 is 0 Å². The van der Waals surface area contributed by atoms with E-state index in [1.165, 1.54) is 24.0 Å². The topological polar surface area (TPSA) is 66.1 Å². The molecule has 0 spiro atoms. The molecule has 2 aliphatic heterocycles. The van der Waals surface area contributed by atoms with Crippen LogP contribution in [-0.2, 0) is 13.0 Å². The zero-order chi connectivity index (χ0) is 20.8. The molecule has 2 aromatic carbocycles. The van der Waals surface area contributed by atoms with Gasteiger partial charge in [-0.1, -0.05) is 6.07 Å². The van der Waals surface area contributed by atoms with E-state index in [1.54, 1.807) is 0 Å². The highest BCUT2D eigenvalue weighted by molar-refractivity contribution is 5.53. The molecule has 6 bridgehead atoms. The van der Waals surface area contributed by atoms with Gasteiger partial charge in [0.1, 0.15) is 17.6 Å². The molecule has 1 aromatic heterocycles. The molecule has 6 rings (SSSR count). The fraction of sp³-hybridized carbons (Fsp3) is 0.360. The van der Waals surface area contributed by atoms with Crippen molar-refractivity contribution in [3.05, 3.63) is 71.3 Å². The van der Waals surface area contributed by atoms with Crippen molar-refractivity contribution in [1.82, 2.24) is 19.8 Å². The van der Waals surface area contributed by atoms with Crippen LogP contribution in [0.1, 0.15) is 47.7 Å². The Morgan fingerprint density at radius 1 is 1.16 bits per heavy atom. The second-order valence-corrected chi connectivity index (χ2v) is 8.78. The first-order valence-electron chi connectivity index (χ1n) is 11.1. The van der Waals surface area contributed by atoms with Gasteiger partial charge in [0.2, 0.25) is 0 Å². The maximum absolute atomic E-state index is 9.64. The minimum atomic E-state index is 0.441. The number of benzene rings is 2. The molecule has 6 heteroatoms. The maximum Gasteiger partial charge on any atom is 0.147 e. The predicted molar refractivity (Wildman–Crippen MR) is 117 cm³/mol. The van der Waals surface area contributed by atoms with Gasteiger partial charge in [-0.3, -0.25) is 4.90 Å². The number of rotatable bonds is 0. The normalized spacial score (nSPS) is 24.3. The molecule has 3 aromatic rings. The number of nitrogens with one attached hydrogen (secondary N) is 1. The molecular formula is C25H25N5O. The summed E-state index contributed by atoms with van der Waals surface area (Å²) in [6.45, 7) is 2.94. The van der Waals surface area contributed by atoms with Crippen LogP contribution in [-0.4, -0.2) is 33.6 Å². The summed E-state index contributed by atoms with van der Waals surface area (Å²) in [7, 11) is 0. The third-order valence-electron chi connectivity index (χ3n) is 6.94. The Balaban J connectivity index is 1.48. The van der Waals surface area contributed by atoms with Crippen LogP contribution < -0.4 is 10.1 Å². The van der Waals surface area contributed by atoms with Crippen LogP contribution in [0, 0.1) is 11.3 Å². The van der Waals surface area contributed by atoms with E-state index in [9.17, 15) is 5.26 Å². The fourth-order valence-electron chi connectivity index (χ4n) is 5.33. The first-order chi connectivity index (χ1) is 15.3. The number of ether oxygens (including phenoxy) is 1. The molecular weight excluding hydrogens is 386 g/mol. The number of imidazole rings is 1. The molecule has 3 heterocycles. The van der Waals surface area contributed by atoms with Crippen LogP contribution in [0.2, 0.25) is 0 Å². The Bertz CT molecular complexity index is 1180. The first-order valence-corrected chi connectivity index (χ1v) is 11.1. The molecule has 1 fully saturated rings. The number of fused-ring (bicyclic) bond motifs is 8. The molecule has 3 atom stereocenters. The van der Waals surface area contributed by atoms with E-state index < -0.39 is 0 Å². The lowest BCUT2D eigenvalue weighted by molar-refractivity contribution is 0.215. The summed E-state index contributed by atoms with van der Waals surface area (Å²) >= 11 is 0. The monoisotopic (exact) mass is 411 g/mol. The molecule has 31 heavy (non-hydrogen) atoms. The van der Waals surface area contributed by atoms with E-state index in [0.717, 1.165) is 49.6 Å². The van der Waals surface area contributed by atoms with Crippen molar-refractivity contribution >= 4 is 0 Å². The average Bonchev–Trinajstić information content (AvgIpc) is 3.46. The van der Waals surface area contributed by atoms with Crippen LogP contribution in [0.5, 0.6) is 11.5 Å². The van der Waals surface area contributed by atoms with Crippen LogP contribution in [0.4, 0.5) is 0 Å².